The lowest BCUT2D eigenvalue weighted by molar-refractivity contribution is -0.113. The molecule has 0 radical (unpaired) electrons. The van der Waals surface area contributed by atoms with Gasteiger partial charge in [0.25, 0.3) is 0 Å². The normalized spacial score (nSPS) is 14.8. The van der Waals surface area contributed by atoms with Crippen molar-refractivity contribution in [3.63, 3.8) is 0 Å². The zero-order valence-electron chi connectivity index (χ0n) is 13.4. The standard InChI is InChI=1S/C16H34O2/c1-7-10-16(5,6)12-13-18-14(17)9-11-15(3,4)8-2/h14,17H,7-13H2,1-6H3. The van der Waals surface area contributed by atoms with Gasteiger partial charge in [0.05, 0.1) is 6.61 Å². The van der Waals surface area contributed by atoms with Gasteiger partial charge in [0.2, 0.25) is 0 Å². The summed E-state index contributed by atoms with van der Waals surface area (Å²) in [6, 6.07) is 0. The summed E-state index contributed by atoms with van der Waals surface area (Å²) < 4.78 is 5.52. The first-order chi connectivity index (χ1) is 8.22. The van der Waals surface area contributed by atoms with Gasteiger partial charge in [-0.1, -0.05) is 54.4 Å². The van der Waals surface area contributed by atoms with Gasteiger partial charge in [-0.15, -0.1) is 0 Å². The summed E-state index contributed by atoms with van der Waals surface area (Å²) in [6.07, 6.45) is 5.76. The number of aliphatic hydroxyl groups is 1. The minimum atomic E-state index is -0.590. The Labute approximate surface area is 114 Å². The molecule has 0 fully saturated rings. The largest absolute Gasteiger partial charge is 0.368 e. The van der Waals surface area contributed by atoms with Gasteiger partial charge < -0.3 is 9.84 Å². The summed E-state index contributed by atoms with van der Waals surface area (Å²) in [5.41, 5.74) is 0.642. The van der Waals surface area contributed by atoms with Crippen LogP contribution in [-0.2, 0) is 4.74 Å². The van der Waals surface area contributed by atoms with E-state index in [0.717, 1.165) is 25.7 Å². The highest BCUT2D eigenvalue weighted by molar-refractivity contribution is 4.68. The SMILES string of the molecule is CCCC(C)(C)CCOC(O)CCC(C)(C)CC. The fraction of sp³-hybridized carbons (Fsp3) is 1.00. The van der Waals surface area contributed by atoms with Crippen LogP contribution in [0.1, 0.15) is 80.1 Å². The van der Waals surface area contributed by atoms with Crippen LogP contribution in [0.4, 0.5) is 0 Å². The first kappa shape index (κ1) is 17.9. The van der Waals surface area contributed by atoms with Crippen molar-refractivity contribution in [1.82, 2.24) is 0 Å². The van der Waals surface area contributed by atoms with Gasteiger partial charge in [0.15, 0.2) is 6.29 Å². The molecule has 1 atom stereocenters. The summed E-state index contributed by atoms with van der Waals surface area (Å²) in [5, 5.41) is 9.81. The summed E-state index contributed by atoms with van der Waals surface area (Å²) in [7, 11) is 0. The zero-order valence-corrected chi connectivity index (χ0v) is 13.4. The second-order valence-electron chi connectivity index (χ2n) is 7.05. The highest BCUT2D eigenvalue weighted by Gasteiger charge is 2.19. The lowest BCUT2D eigenvalue weighted by atomic mass is 9.85. The molecule has 0 amide bonds. The molecule has 2 nitrogen and oxygen atoms in total. The van der Waals surface area contributed by atoms with Crippen molar-refractivity contribution in [3.8, 4) is 0 Å². The number of rotatable bonds is 10. The lowest BCUT2D eigenvalue weighted by Gasteiger charge is -2.26. The topological polar surface area (TPSA) is 29.5 Å². The van der Waals surface area contributed by atoms with E-state index in [1.54, 1.807) is 0 Å². The monoisotopic (exact) mass is 258 g/mol. The maximum absolute atomic E-state index is 9.81. The Kier molecular flexibility index (Phi) is 8.13. The molecule has 0 aliphatic heterocycles. The smallest absolute Gasteiger partial charge is 0.154 e. The van der Waals surface area contributed by atoms with Gasteiger partial charge >= 0.3 is 0 Å². The van der Waals surface area contributed by atoms with Gasteiger partial charge in [-0.2, -0.15) is 0 Å². The molecule has 18 heavy (non-hydrogen) atoms. The van der Waals surface area contributed by atoms with Crippen LogP contribution in [0.25, 0.3) is 0 Å². The van der Waals surface area contributed by atoms with E-state index in [0.29, 0.717) is 17.4 Å². The zero-order chi connectivity index (χ0) is 14.2. The number of hydrogen-bond acceptors (Lipinski definition) is 2. The molecule has 0 spiro atoms. The van der Waals surface area contributed by atoms with Crippen LogP contribution in [0.5, 0.6) is 0 Å². The van der Waals surface area contributed by atoms with Gasteiger partial charge in [0.1, 0.15) is 0 Å². The second kappa shape index (κ2) is 8.16. The Balaban J connectivity index is 3.74. The molecule has 2 heteroatoms. The summed E-state index contributed by atoms with van der Waals surface area (Å²) >= 11 is 0. The summed E-state index contributed by atoms with van der Waals surface area (Å²) in [5.74, 6) is 0. The van der Waals surface area contributed by atoms with E-state index in [2.05, 4.69) is 41.5 Å². The predicted molar refractivity (Wildman–Crippen MR) is 78.6 cm³/mol. The van der Waals surface area contributed by atoms with Crippen LogP contribution in [0.3, 0.4) is 0 Å². The summed E-state index contributed by atoms with van der Waals surface area (Å²) in [6.45, 7) is 14.1. The minimum Gasteiger partial charge on any atom is -0.368 e. The number of aliphatic hydroxyl groups excluding tert-OH is 1. The maximum atomic E-state index is 9.81. The van der Waals surface area contributed by atoms with Crippen molar-refractivity contribution in [2.75, 3.05) is 6.61 Å². The fourth-order valence-corrected chi connectivity index (χ4v) is 2.05. The molecule has 110 valence electrons. The third kappa shape index (κ3) is 8.93. The van der Waals surface area contributed by atoms with Gasteiger partial charge in [-0.3, -0.25) is 0 Å². The fourth-order valence-electron chi connectivity index (χ4n) is 2.05. The van der Waals surface area contributed by atoms with Crippen molar-refractivity contribution in [1.29, 1.82) is 0 Å². The maximum Gasteiger partial charge on any atom is 0.154 e. The van der Waals surface area contributed by atoms with E-state index in [1.807, 2.05) is 0 Å². The first-order valence-corrected chi connectivity index (χ1v) is 7.52. The van der Waals surface area contributed by atoms with E-state index in [-0.39, 0.29) is 0 Å². The van der Waals surface area contributed by atoms with E-state index in [4.69, 9.17) is 4.74 Å². The molecule has 0 saturated heterocycles. The average molecular weight is 258 g/mol. The van der Waals surface area contributed by atoms with E-state index in [1.165, 1.54) is 12.8 Å². The van der Waals surface area contributed by atoms with Gasteiger partial charge in [0, 0.05) is 0 Å². The second-order valence-corrected chi connectivity index (χ2v) is 7.05. The highest BCUT2D eigenvalue weighted by atomic mass is 16.6. The van der Waals surface area contributed by atoms with E-state index in [9.17, 15) is 5.11 Å². The van der Waals surface area contributed by atoms with Crippen molar-refractivity contribution in [2.45, 2.75) is 86.4 Å². The van der Waals surface area contributed by atoms with Crippen LogP contribution in [-0.4, -0.2) is 18.0 Å². The van der Waals surface area contributed by atoms with Crippen LogP contribution < -0.4 is 0 Å². The molecule has 1 unspecified atom stereocenters. The van der Waals surface area contributed by atoms with Crippen LogP contribution in [0, 0.1) is 10.8 Å². The highest BCUT2D eigenvalue weighted by Crippen LogP contribution is 2.28. The Hall–Kier alpha value is -0.0800. The molecule has 0 aliphatic rings. The molecule has 0 rings (SSSR count). The predicted octanol–water partition coefficient (Wildman–Crippen LogP) is 4.75. The molecular weight excluding hydrogens is 224 g/mol. The third-order valence-corrected chi connectivity index (χ3v) is 4.04. The van der Waals surface area contributed by atoms with Crippen LogP contribution >= 0.6 is 0 Å². The average Bonchev–Trinajstić information content (AvgIpc) is 2.26. The molecule has 0 aromatic rings. The molecular formula is C16H34O2. The quantitative estimate of drug-likeness (QED) is 0.573. The molecule has 0 saturated carbocycles. The van der Waals surface area contributed by atoms with Crippen LogP contribution in [0.15, 0.2) is 0 Å². The molecule has 1 N–H and O–H groups in total. The van der Waals surface area contributed by atoms with Crippen molar-refractivity contribution in [2.24, 2.45) is 10.8 Å². The molecule has 0 aromatic carbocycles. The van der Waals surface area contributed by atoms with Crippen molar-refractivity contribution >= 4 is 0 Å². The Morgan fingerprint density at radius 1 is 0.944 bits per heavy atom. The number of ether oxygens (including phenoxy) is 1. The number of hydrogen-bond donors (Lipinski definition) is 1. The van der Waals surface area contributed by atoms with Crippen molar-refractivity contribution in [3.05, 3.63) is 0 Å². The molecule has 0 heterocycles. The third-order valence-electron chi connectivity index (χ3n) is 4.04. The lowest BCUT2D eigenvalue weighted by Crippen LogP contribution is -2.21. The Morgan fingerprint density at radius 3 is 2.06 bits per heavy atom. The molecule has 0 aromatic heterocycles. The van der Waals surface area contributed by atoms with Crippen LogP contribution in [0.2, 0.25) is 0 Å². The van der Waals surface area contributed by atoms with Gasteiger partial charge in [-0.05, 0) is 36.5 Å². The molecule has 0 bridgehead atoms. The summed E-state index contributed by atoms with van der Waals surface area (Å²) in [4.78, 5) is 0. The minimum absolute atomic E-state index is 0.311. The Bertz CT molecular complexity index is 209. The molecule has 0 aliphatic carbocycles. The Morgan fingerprint density at radius 2 is 1.56 bits per heavy atom. The first-order valence-electron chi connectivity index (χ1n) is 7.52. The van der Waals surface area contributed by atoms with Crippen molar-refractivity contribution < 1.29 is 9.84 Å². The van der Waals surface area contributed by atoms with E-state index >= 15 is 0 Å². The van der Waals surface area contributed by atoms with E-state index < -0.39 is 6.29 Å². The van der Waals surface area contributed by atoms with Gasteiger partial charge in [-0.25, -0.2) is 0 Å².